The fourth-order valence-electron chi connectivity index (χ4n) is 3.70. The zero-order chi connectivity index (χ0) is 19.7. The molecule has 0 N–H and O–H groups in total. The Morgan fingerprint density at radius 1 is 1.11 bits per heavy atom. The summed E-state index contributed by atoms with van der Waals surface area (Å²) in [6.45, 7) is 7.27. The average molecular weight is 399 g/mol. The van der Waals surface area contributed by atoms with E-state index in [0.29, 0.717) is 36.1 Å². The first-order valence-corrected chi connectivity index (χ1v) is 9.91. The second-order valence-corrected chi connectivity index (χ2v) is 7.26. The first-order chi connectivity index (χ1) is 13.6. The fourth-order valence-corrected chi connectivity index (χ4v) is 3.92. The number of anilines is 1. The molecule has 2 heterocycles. The standard InChI is InChI=1S/C22H23ClN2O3/c1-3-27-19-10-5-4-9-18(19)24-11-13-25(14-12-24)22(26)20-15(2)16-7-6-8-17(23)21(16)28-20/h4-10H,3,11-14H2,1-2H3. The third-order valence-electron chi connectivity index (χ3n) is 5.18. The monoisotopic (exact) mass is 398 g/mol. The third-order valence-corrected chi connectivity index (χ3v) is 5.48. The number of carbonyl (C=O) groups excluding carboxylic acids is 1. The van der Waals surface area contributed by atoms with Gasteiger partial charge in [0, 0.05) is 37.1 Å². The number of furan rings is 1. The van der Waals surface area contributed by atoms with Crippen LogP contribution in [0, 0.1) is 6.92 Å². The molecule has 0 atom stereocenters. The number of rotatable bonds is 4. The Balaban J connectivity index is 1.51. The topological polar surface area (TPSA) is 45.9 Å². The van der Waals surface area contributed by atoms with Crippen molar-refractivity contribution in [1.29, 1.82) is 0 Å². The van der Waals surface area contributed by atoms with Crippen molar-refractivity contribution < 1.29 is 13.9 Å². The van der Waals surface area contributed by atoms with Gasteiger partial charge in [0.2, 0.25) is 0 Å². The van der Waals surface area contributed by atoms with Crippen LogP contribution in [-0.4, -0.2) is 43.6 Å². The van der Waals surface area contributed by atoms with Gasteiger partial charge in [0.1, 0.15) is 5.75 Å². The normalized spacial score (nSPS) is 14.5. The lowest BCUT2D eigenvalue weighted by molar-refractivity contribution is 0.0716. The molecule has 2 aromatic carbocycles. The van der Waals surface area contributed by atoms with E-state index >= 15 is 0 Å². The molecule has 1 aromatic heterocycles. The van der Waals surface area contributed by atoms with Crippen LogP contribution in [-0.2, 0) is 0 Å². The van der Waals surface area contributed by atoms with Crippen molar-refractivity contribution in [2.45, 2.75) is 13.8 Å². The summed E-state index contributed by atoms with van der Waals surface area (Å²) in [5.74, 6) is 1.18. The van der Waals surface area contributed by atoms with E-state index < -0.39 is 0 Å². The van der Waals surface area contributed by atoms with Crippen molar-refractivity contribution in [3.05, 3.63) is 58.8 Å². The molecule has 1 saturated heterocycles. The van der Waals surface area contributed by atoms with E-state index in [1.165, 1.54) is 0 Å². The smallest absolute Gasteiger partial charge is 0.290 e. The number of fused-ring (bicyclic) bond motifs is 1. The van der Waals surface area contributed by atoms with Gasteiger partial charge in [-0.05, 0) is 32.0 Å². The van der Waals surface area contributed by atoms with Crippen molar-refractivity contribution >= 4 is 34.2 Å². The second kappa shape index (κ2) is 7.76. The maximum Gasteiger partial charge on any atom is 0.290 e. The summed E-state index contributed by atoms with van der Waals surface area (Å²) in [6.07, 6.45) is 0. The summed E-state index contributed by atoms with van der Waals surface area (Å²) in [6, 6.07) is 13.6. The molecule has 1 aliphatic rings. The SMILES string of the molecule is CCOc1ccccc1N1CCN(C(=O)c2oc3c(Cl)cccc3c2C)CC1. The number of para-hydroxylation sites is 3. The number of ether oxygens (including phenoxy) is 1. The molecule has 1 fully saturated rings. The molecule has 1 aliphatic heterocycles. The lowest BCUT2D eigenvalue weighted by atomic mass is 10.1. The van der Waals surface area contributed by atoms with E-state index in [0.717, 1.165) is 35.5 Å². The number of carbonyl (C=O) groups is 1. The van der Waals surface area contributed by atoms with Crippen molar-refractivity contribution in [2.24, 2.45) is 0 Å². The minimum Gasteiger partial charge on any atom is -0.492 e. The molecular formula is C22H23ClN2O3. The molecule has 6 heteroatoms. The van der Waals surface area contributed by atoms with Gasteiger partial charge in [-0.1, -0.05) is 35.9 Å². The molecule has 28 heavy (non-hydrogen) atoms. The van der Waals surface area contributed by atoms with Crippen LogP contribution in [0.15, 0.2) is 46.9 Å². The lowest BCUT2D eigenvalue weighted by Crippen LogP contribution is -2.49. The largest absolute Gasteiger partial charge is 0.492 e. The third kappa shape index (κ3) is 3.31. The summed E-state index contributed by atoms with van der Waals surface area (Å²) in [4.78, 5) is 17.2. The molecule has 0 bridgehead atoms. The highest BCUT2D eigenvalue weighted by atomic mass is 35.5. The van der Waals surface area contributed by atoms with E-state index in [-0.39, 0.29) is 5.91 Å². The minimum atomic E-state index is -0.0810. The summed E-state index contributed by atoms with van der Waals surface area (Å²) in [5.41, 5.74) is 2.49. The quantitative estimate of drug-likeness (QED) is 0.635. The highest BCUT2D eigenvalue weighted by Crippen LogP contribution is 2.32. The Morgan fingerprint density at radius 3 is 2.57 bits per heavy atom. The molecule has 0 spiro atoms. The average Bonchev–Trinajstić information content (AvgIpc) is 3.06. The van der Waals surface area contributed by atoms with Crippen LogP contribution in [0.1, 0.15) is 23.0 Å². The van der Waals surface area contributed by atoms with Crippen LogP contribution in [0.3, 0.4) is 0 Å². The summed E-state index contributed by atoms with van der Waals surface area (Å²) >= 11 is 6.22. The first-order valence-electron chi connectivity index (χ1n) is 9.53. The number of hydrogen-bond donors (Lipinski definition) is 0. The molecule has 146 valence electrons. The van der Waals surface area contributed by atoms with Gasteiger partial charge >= 0.3 is 0 Å². The van der Waals surface area contributed by atoms with E-state index in [2.05, 4.69) is 11.0 Å². The van der Waals surface area contributed by atoms with Crippen LogP contribution < -0.4 is 9.64 Å². The molecule has 3 aromatic rings. The van der Waals surface area contributed by atoms with Crippen LogP contribution in [0.25, 0.3) is 11.0 Å². The van der Waals surface area contributed by atoms with Gasteiger partial charge in [0.25, 0.3) is 5.91 Å². The van der Waals surface area contributed by atoms with Gasteiger partial charge in [-0.25, -0.2) is 0 Å². The Morgan fingerprint density at radius 2 is 1.86 bits per heavy atom. The van der Waals surface area contributed by atoms with Crippen LogP contribution in [0.4, 0.5) is 5.69 Å². The van der Waals surface area contributed by atoms with Crippen molar-refractivity contribution in [3.8, 4) is 5.75 Å². The van der Waals surface area contributed by atoms with Gasteiger partial charge < -0.3 is 19.0 Å². The van der Waals surface area contributed by atoms with E-state index in [1.54, 1.807) is 6.07 Å². The summed E-state index contributed by atoms with van der Waals surface area (Å²) in [5, 5.41) is 1.41. The van der Waals surface area contributed by atoms with Crippen molar-refractivity contribution in [1.82, 2.24) is 4.90 Å². The van der Waals surface area contributed by atoms with E-state index in [9.17, 15) is 4.79 Å². The number of amides is 1. The second-order valence-electron chi connectivity index (χ2n) is 6.85. The molecule has 4 rings (SSSR count). The number of halogens is 1. The van der Waals surface area contributed by atoms with Crippen LogP contribution in [0.2, 0.25) is 5.02 Å². The van der Waals surface area contributed by atoms with Gasteiger partial charge in [0.05, 0.1) is 17.3 Å². The summed E-state index contributed by atoms with van der Waals surface area (Å²) < 4.78 is 11.6. The maximum absolute atomic E-state index is 13.1. The molecule has 1 amide bonds. The zero-order valence-electron chi connectivity index (χ0n) is 16.1. The van der Waals surface area contributed by atoms with Gasteiger partial charge in [-0.2, -0.15) is 0 Å². The maximum atomic E-state index is 13.1. The fraction of sp³-hybridized carbons (Fsp3) is 0.318. The Labute approximate surface area is 169 Å². The number of piperazine rings is 1. The van der Waals surface area contributed by atoms with Crippen LogP contribution in [0.5, 0.6) is 5.75 Å². The lowest BCUT2D eigenvalue weighted by Gasteiger charge is -2.36. The van der Waals surface area contributed by atoms with Gasteiger partial charge in [0.15, 0.2) is 11.3 Å². The predicted octanol–water partition coefficient (Wildman–Crippen LogP) is 4.76. The number of benzene rings is 2. The molecule has 5 nitrogen and oxygen atoms in total. The highest BCUT2D eigenvalue weighted by molar-refractivity contribution is 6.35. The van der Waals surface area contributed by atoms with Crippen LogP contribution >= 0.6 is 11.6 Å². The highest BCUT2D eigenvalue weighted by Gasteiger charge is 2.28. The predicted molar refractivity (Wildman–Crippen MR) is 112 cm³/mol. The van der Waals surface area contributed by atoms with Crippen molar-refractivity contribution in [2.75, 3.05) is 37.7 Å². The molecule has 0 aliphatic carbocycles. The Kier molecular flexibility index (Phi) is 5.18. The Hall–Kier alpha value is -2.66. The molecule has 0 saturated carbocycles. The molecule has 0 radical (unpaired) electrons. The Bertz CT molecular complexity index is 1010. The number of aryl methyl sites for hydroxylation is 1. The van der Waals surface area contributed by atoms with E-state index in [4.69, 9.17) is 20.8 Å². The van der Waals surface area contributed by atoms with Crippen molar-refractivity contribution in [3.63, 3.8) is 0 Å². The van der Waals surface area contributed by atoms with Gasteiger partial charge in [-0.15, -0.1) is 0 Å². The zero-order valence-corrected chi connectivity index (χ0v) is 16.8. The minimum absolute atomic E-state index is 0.0810. The first kappa shape index (κ1) is 18.7. The molecular weight excluding hydrogens is 376 g/mol. The van der Waals surface area contributed by atoms with E-state index in [1.807, 2.05) is 49.1 Å². The summed E-state index contributed by atoms with van der Waals surface area (Å²) in [7, 11) is 0. The van der Waals surface area contributed by atoms with Gasteiger partial charge in [-0.3, -0.25) is 4.79 Å². The molecule has 0 unspecified atom stereocenters. The number of hydrogen-bond acceptors (Lipinski definition) is 4. The number of nitrogens with zero attached hydrogens (tertiary/aromatic N) is 2.